The first-order chi connectivity index (χ1) is 15.1. The summed E-state index contributed by atoms with van der Waals surface area (Å²) >= 11 is 1.65. The zero-order valence-electron chi connectivity index (χ0n) is 17.9. The molecular formula is C25H27N2O3S+. The molecular weight excluding hydrogens is 408 g/mol. The van der Waals surface area contributed by atoms with Crippen molar-refractivity contribution in [3.63, 3.8) is 0 Å². The van der Waals surface area contributed by atoms with Gasteiger partial charge in [-0.2, -0.15) is 0 Å². The van der Waals surface area contributed by atoms with Crippen LogP contribution in [0.1, 0.15) is 44.6 Å². The van der Waals surface area contributed by atoms with Gasteiger partial charge >= 0.3 is 5.97 Å². The molecule has 0 atom stereocenters. The van der Waals surface area contributed by atoms with Crippen LogP contribution in [0.4, 0.5) is 0 Å². The average molecular weight is 436 g/mol. The predicted molar refractivity (Wildman–Crippen MR) is 125 cm³/mol. The topological polar surface area (TPSA) is 49.6 Å². The molecule has 0 unspecified atom stereocenters. The third-order valence-corrected chi connectivity index (χ3v) is 7.53. The second-order valence-electron chi connectivity index (χ2n) is 8.47. The van der Waals surface area contributed by atoms with E-state index in [0.29, 0.717) is 16.5 Å². The summed E-state index contributed by atoms with van der Waals surface area (Å²) in [4.78, 5) is 27.4. The van der Waals surface area contributed by atoms with Crippen molar-refractivity contribution in [1.29, 1.82) is 0 Å². The summed E-state index contributed by atoms with van der Waals surface area (Å²) in [5, 5.41) is 1.35. The number of hydrogen-bond donors (Lipinski definition) is 0. The quantitative estimate of drug-likeness (QED) is 0.262. The van der Waals surface area contributed by atoms with Gasteiger partial charge in [0.15, 0.2) is 5.43 Å². The first-order valence-corrected chi connectivity index (χ1v) is 11.9. The van der Waals surface area contributed by atoms with Gasteiger partial charge in [-0.05, 0) is 43.5 Å². The molecule has 1 aromatic heterocycles. The van der Waals surface area contributed by atoms with Crippen molar-refractivity contribution in [2.75, 3.05) is 19.6 Å². The third kappa shape index (κ3) is 3.97. The minimum absolute atomic E-state index is 0.00184. The zero-order valence-corrected chi connectivity index (χ0v) is 18.7. The summed E-state index contributed by atoms with van der Waals surface area (Å²) in [6.45, 7) is 5.42. The van der Waals surface area contributed by atoms with E-state index in [-0.39, 0.29) is 11.4 Å². The van der Waals surface area contributed by atoms with Crippen LogP contribution in [0, 0.1) is 0 Å². The van der Waals surface area contributed by atoms with Gasteiger partial charge in [0.05, 0.1) is 19.6 Å². The molecule has 0 saturated carbocycles. The minimum atomic E-state index is -0.371. The minimum Gasteiger partial charge on any atom is -0.427 e. The van der Waals surface area contributed by atoms with E-state index in [1.165, 1.54) is 32.0 Å². The van der Waals surface area contributed by atoms with Crippen molar-refractivity contribution in [2.45, 2.75) is 45.6 Å². The number of nitrogens with zero attached hydrogens (tertiary/aromatic N) is 2. The monoisotopic (exact) mass is 435 g/mol. The summed E-state index contributed by atoms with van der Waals surface area (Å²) in [5.41, 5.74) is 1.06. The fourth-order valence-corrected chi connectivity index (χ4v) is 6.05. The van der Waals surface area contributed by atoms with Crippen molar-refractivity contribution in [3.8, 4) is 5.75 Å². The Hall–Kier alpha value is -2.73. The van der Waals surface area contributed by atoms with Gasteiger partial charge < -0.3 is 4.74 Å². The average Bonchev–Trinajstić information content (AvgIpc) is 3.01. The number of carbonyl (C=O) groups excluding carboxylic acids is 1. The Morgan fingerprint density at radius 1 is 1.10 bits per heavy atom. The molecule has 2 aliphatic heterocycles. The Kier molecular flexibility index (Phi) is 5.48. The molecule has 0 fully saturated rings. The Morgan fingerprint density at radius 2 is 1.94 bits per heavy atom. The molecule has 0 N–H and O–H groups in total. The van der Waals surface area contributed by atoms with Crippen LogP contribution < -0.4 is 10.2 Å². The van der Waals surface area contributed by atoms with Gasteiger partial charge in [0, 0.05) is 45.5 Å². The highest BCUT2D eigenvalue weighted by atomic mass is 32.1. The lowest BCUT2D eigenvalue weighted by Gasteiger charge is -2.27. The molecule has 3 heterocycles. The van der Waals surface area contributed by atoms with E-state index in [1.807, 2.05) is 30.3 Å². The highest BCUT2D eigenvalue weighted by Gasteiger charge is 2.29. The lowest BCUT2D eigenvalue weighted by atomic mass is 10.1. The summed E-state index contributed by atoms with van der Waals surface area (Å²) in [7, 11) is 0. The van der Waals surface area contributed by atoms with Crippen molar-refractivity contribution >= 4 is 43.3 Å². The molecule has 0 saturated heterocycles. The van der Waals surface area contributed by atoms with Crippen LogP contribution >= 0.6 is 11.3 Å². The van der Waals surface area contributed by atoms with E-state index in [2.05, 4.69) is 9.48 Å². The standard InChI is InChI=1S/C25H27N2O3S/c1-17(28)30-19-14-18(16-27-13-7-12-26-11-6-2-3-10-23(26)27)25-21(15-19)24(29)20-8-4-5-9-22(20)31-25/h4-5,8-9,14-15H,2-3,6-7,10-13,16H2,1H3/q+1. The summed E-state index contributed by atoms with van der Waals surface area (Å²) in [6.07, 6.45) is 6.03. The molecule has 0 spiro atoms. The molecule has 0 amide bonds. The Labute approximate surface area is 185 Å². The lowest BCUT2D eigenvalue weighted by molar-refractivity contribution is -0.539. The Balaban J connectivity index is 1.66. The first-order valence-electron chi connectivity index (χ1n) is 11.1. The molecule has 0 aliphatic carbocycles. The van der Waals surface area contributed by atoms with Crippen LogP contribution in [0.15, 0.2) is 41.2 Å². The first kappa shape index (κ1) is 20.2. The molecule has 31 heavy (non-hydrogen) atoms. The second kappa shape index (κ2) is 8.42. The highest BCUT2D eigenvalue weighted by Crippen LogP contribution is 2.32. The summed E-state index contributed by atoms with van der Waals surface area (Å²) < 4.78 is 9.97. The maximum Gasteiger partial charge on any atom is 0.308 e. The number of hydrogen-bond acceptors (Lipinski definition) is 5. The molecule has 0 bridgehead atoms. The highest BCUT2D eigenvalue weighted by molar-refractivity contribution is 7.24. The largest absolute Gasteiger partial charge is 0.427 e. The number of benzene rings is 2. The molecule has 5 rings (SSSR count). The fourth-order valence-electron chi connectivity index (χ4n) is 4.90. The fraction of sp³-hybridized carbons (Fsp3) is 0.400. The van der Waals surface area contributed by atoms with Crippen LogP contribution in [0.3, 0.4) is 0 Å². The molecule has 6 heteroatoms. The Bertz CT molecular complexity index is 1260. The van der Waals surface area contributed by atoms with Gasteiger partial charge in [0.2, 0.25) is 5.84 Å². The maximum atomic E-state index is 13.3. The number of ether oxygens (including phenoxy) is 1. The lowest BCUT2D eigenvalue weighted by Crippen LogP contribution is -2.43. The normalized spacial score (nSPS) is 17.0. The van der Waals surface area contributed by atoms with Crippen molar-refractivity contribution in [3.05, 3.63) is 52.2 Å². The van der Waals surface area contributed by atoms with Crippen LogP contribution in [0.25, 0.3) is 20.2 Å². The smallest absolute Gasteiger partial charge is 0.308 e. The van der Waals surface area contributed by atoms with Crippen molar-refractivity contribution < 1.29 is 14.1 Å². The number of esters is 1. The van der Waals surface area contributed by atoms with E-state index < -0.39 is 0 Å². The molecule has 2 aliphatic rings. The summed E-state index contributed by atoms with van der Waals surface area (Å²) in [6, 6.07) is 11.4. The zero-order chi connectivity index (χ0) is 21.4. The van der Waals surface area contributed by atoms with Gasteiger partial charge in [-0.1, -0.05) is 12.1 Å². The van der Waals surface area contributed by atoms with Crippen molar-refractivity contribution in [2.24, 2.45) is 0 Å². The third-order valence-electron chi connectivity index (χ3n) is 6.27. The van der Waals surface area contributed by atoms with E-state index in [9.17, 15) is 9.59 Å². The van der Waals surface area contributed by atoms with E-state index in [0.717, 1.165) is 54.0 Å². The van der Waals surface area contributed by atoms with Crippen LogP contribution in [0.2, 0.25) is 0 Å². The van der Waals surface area contributed by atoms with Gasteiger partial charge in [-0.15, -0.1) is 11.3 Å². The van der Waals surface area contributed by atoms with E-state index >= 15 is 0 Å². The molecule has 3 aromatic rings. The molecule has 5 nitrogen and oxygen atoms in total. The van der Waals surface area contributed by atoms with Gasteiger partial charge in [0.1, 0.15) is 12.3 Å². The number of rotatable bonds is 3. The van der Waals surface area contributed by atoms with Gasteiger partial charge in [0.25, 0.3) is 0 Å². The SMILES string of the molecule is CC(=O)Oc1cc(CN2CCC[N+]3=C2CCCCC3)c2sc3ccccc3c(=O)c2c1. The molecule has 0 radical (unpaired) electrons. The van der Waals surface area contributed by atoms with Crippen LogP contribution in [-0.2, 0) is 11.3 Å². The summed E-state index contributed by atoms with van der Waals surface area (Å²) in [5.74, 6) is 1.52. The van der Waals surface area contributed by atoms with E-state index in [4.69, 9.17) is 4.74 Å². The predicted octanol–water partition coefficient (Wildman–Crippen LogP) is 4.53. The maximum absolute atomic E-state index is 13.3. The van der Waals surface area contributed by atoms with Gasteiger partial charge in [-0.3, -0.25) is 19.1 Å². The van der Waals surface area contributed by atoms with Crippen LogP contribution in [-0.4, -0.2) is 40.9 Å². The number of amidine groups is 1. The van der Waals surface area contributed by atoms with E-state index in [1.54, 1.807) is 17.4 Å². The molecule has 2 aromatic carbocycles. The number of fused-ring (bicyclic) bond motifs is 2. The van der Waals surface area contributed by atoms with Gasteiger partial charge in [-0.25, -0.2) is 0 Å². The second-order valence-corrected chi connectivity index (χ2v) is 9.52. The Morgan fingerprint density at radius 3 is 2.81 bits per heavy atom. The molecule has 160 valence electrons. The number of carbonyl (C=O) groups is 1. The van der Waals surface area contributed by atoms with Crippen LogP contribution in [0.5, 0.6) is 5.75 Å². The van der Waals surface area contributed by atoms with Crippen molar-refractivity contribution in [1.82, 2.24) is 4.90 Å².